The molecule has 0 saturated carbocycles. The second kappa shape index (κ2) is 14.7. The zero-order chi connectivity index (χ0) is 32.7. The molecule has 6 nitrogen and oxygen atoms in total. The lowest BCUT2D eigenvalue weighted by Crippen LogP contribution is -2.53. The summed E-state index contributed by atoms with van der Waals surface area (Å²) in [5.74, 6) is -0.289. The van der Waals surface area contributed by atoms with Gasteiger partial charge in [0.1, 0.15) is 6.61 Å². The molecule has 1 aliphatic heterocycles. The van der Waals surface area contributed by atoms with E-state index in [1.54, 1.807) is 24.5 Å². The normalized spacial score (nSPS) is 16.9. The topological polar surface area (TPSA) is 54.9 Å². The predicted octanol–water partition coefficient (Wildman–Crippen LogP) is 6.79. The maximum Gasteiger partial charge on any atom is 0.406 e. The van der Waals surface area contributed by atoms with Crippen LogP contribution >= 0.6 is 0 Å². The number of hydrogen-bond acceptors (Lipinski definition) is 6. The highest BCUT2D eigenvalue weighted by atomic mass is 19.4. The van der Waals surface area contributed by atoms with Gasteiger partial charge in [-0.1, -0.05) is 48.5 Å². The Balaban J connectivity index is 1.42. The first-order valence-corrected chi connectivity index (χ1v) is 14.7. The zero-order valence-corrected chi connectivity index (χ0v) is 25.2. The highest BCUT2D eigenvalue weighted by Crippen LogP contribution is 2.51. The van der Waals surface area contributed by atoms with Gasteiger partial charge in [-0.2, -0.15) is 26.3 Å². The van der Waals surface area contributed by atoms with E-state index in [0.29, 0.717) is 44.0 Å². The van der Waals surface area contributed by atoms with Gasteiger partial charge >= 0.3 is 18.3 Å². The fourth-order valence-electron chi connectivity index (χ4n) is 5.38. The molecular formula is C33H37F6N3O3. The van der Waals surface area contributed by atoms with Crippen LogP contribution in [0, 0.1) is 0 Å². The van der Waals surface area contributed by atoms with Crippen molar-refractivity contribution in [1.82, 2.24) is 14.8 Å². The summed E-state index contributed by atoms with van der Waals surface area (Å²) in [5, 5.41) is 0. The number of rotatable bonds is 12. The third-order valence-corrected chi connectivity index (χ3v) is 8.21. The average molecular weight is 638 g/mol. The molecule has 1 saturated heterocycles. The summed E-state index contributed by atoms with van der Waals surface area (Å²) in [6, 6.07) is 15.5. The fourth-order valence-corrected chi connectivity index (χ4v) is 5.38. The molecule has 0 aliphatic carbocycles. The van der Waals surface area contributed by atoms with E-state index >= 15 is 0 Å². The molecule has 3 aromatic rings. The van der Waals surface area contributed by atoms with Crippen LogP contribution < -0.4 is 0 Å². The van der Waals surface area contributed by atoms with Crippen molar-refractivity contribution in [3.8, 4) is 11.1 Å². The average Bonchev–Trinajstić information content (AvgIpc) is 3.00. The summed E-state index contributed by atoms with van der Waals surface area (Å²) < 4.78 is 91.5. The molecule has 1 atom stereocenters. The molecule has 0 spiro atoms. The molecule has 12 heteroatoms. The first-order valence-electron chi connectivity index (χ1n) is 14.7. The molecule has 4 rings (SSSR count). The van der Waals surface area contributed by atoms with Crippen LogP contribution in [-0.4, -0.2) is 78.6 Å². The number of ether oxygens (including phenoxy) is 2. The molecule has 2 aromatic carbocycles. The van der Waals surface area contributed by atoms with Crippen molar-refractivity contribution >= 4 is 5.97 Å². The van der Waals surface area contributed by atoms with E-state index in [4.69, 9.17) is 9.47 Å². The van der Waals surface area contributed by atoms with Crippen LogP contribution in [0.15, 0.2) is 73.1 Å². The minimum atomic E-state index is -5.50. The van der Waals surface area contributed by atoms with E-state index in [-0.39, 0.29) is 32.0 Å². The number of benzene rings is 2. The maximum absolute atomic E-state index is 13.5. The molecule has 0 unspecified atom stereocenters. The lowest BCUT2D eigenvalue weighted by atomic mass is 9.80. The van der Waals surface area contributed by atoms with Gasteiger partial charge in [0.25, 0.3) is 0 Å². The van der Waals surface area contributed by atoms with Crippen LogP contribution in [0.5, 0.6) is 0 Å². The standard InChI is InChI=1S/C33H37F6N3O3/c1-3-44-18-19-45-30(43)20-29-23-41(16-17-42(29)22-25-12-14-40-15-13-25)21-24-4-6-26(7-5-24)27-8-10-28(11-9-27)31(2,32(34,35)36)33(37,38)39/h4-15,29H,3,16-23H2,1-2H3/t29-/m1/s1. The van der Waals surface area contributed by atoms with E-state index in [9.17, 15) is 31.1 Å². The van der Waals surface area contributed by atoms with Gasteiger partial charge in [0.15, 0.2) is 5.41 Å². The number of pyridine rings is 1. The number of nitrogens with zero attached hydrogens (tertiary/aromatic N) is 3. The lowest BCUT2D eigenvalue weighted by Gasteiger charge is -2.41. The van der Waals surface area contributed by atoms with Crippen molar-refractivity contribution < 1.29 is 40.6 Å². The van der Waals surface area contributed by atoms with Crippen molar-refractivity contribution in [2.24, 2.45) is 0 Å². The molecule has 1 fully saturated rings. The van der Waals surface area contributed by atoms with Crippen LogP contribution in [0.4, 0.5) is 26.3 Å². The summed E-state index contributed by atoms with van der Waals surface area (Å²) >= 11 is 0. The minimum absolute atomic E-state index is 0.0802. The fraction of sp³-hybridized carbons (Fsp3) is 0.455. The van der Waals surface area contributed by atoms with Gasteiger partial charge < -0.3 is 9.47 Å². The molecule has 0 radical (unpaired) electrons. The van der Waals surface area contributed by atoms with Crippen molar-refractivity contribution in [1.29, 1.82) is 0 Å². The zero-order valence-electron chi connectivity index (χ0n) is 25.2. The Morgan fingerprint density at radius 2 is 1.40 bits per heavy atom. The smallest absolute Gasteiger partial charge is 0.406 e. The Morgan fingerprint density at radius 3 is 1.98 bits per heavy atom. The SMILES string of the molecule is CCOCCOC(=O)C[C@@H]1CN(Cc2ccc(-c3ccc(C(C)(C(F)(F)F)C(F)(F)F)cc3)cc2)CCN1Cc1ccncc1. The van der Waals surface area contributed by atoms with Gasteiger partial charge in [0, 0.05) is 57.8 Å². The maximum atomic E-state index is 13.5. The number of esters is 1. The number of hydrogen-bond donors (Lipinski definition) is 0. The highest BCUT2D eigenvalue weighted by Gasteiger charge is 2.68. The van der Waals surface area contributed by atoms with E-state index in [1.165, 1.54) is 12.1 Å². The Morgan fingerprint density at radius 1 is 0.822 bits per heavy atom. The summed E-state index contributed by atoms with van der Waals surface area (Å²) in [7, 11) is 0. The van der Waals surface area contributed by atoms with Crippen LogP contribution in [-0.2, 0) is 32.8 Å². The molecule has 45 heavy (non-hydrogen) atoms. The monoisotopic (exact) mass is 637 g/mol. The Labute approximate surface area is 258 Å². The van der Waals surface area contributed by atoms with Crippen LogP contribution in [0.1, 0.15) is 37.0 Å². The van der Waals surface area contributed by atoms with Gasteiger partial charge in [0.05, 0.1) is 13.0 Å². The molecule has 0 amide bonds. The first-order chi connectivity index (χ1) is 21.3. The highest BCUT2D eigenvalue weighted by molar-refractivity contribution is 5.70. The van der Waals surface area contributed by atoms with E-state index in [1.807, 2.05) is 31.2 Å². The third kappa shape index (κ3) is 8.62. The van der Waals surface area contributed by atoms with Gasteiger partial charge in [-0.15, -0.1) is 0 Å². The quantitative estimate of drug-likeness (QED) is 0.124. The van der Waals surface area contributed by atoms with Gasteiger partial charge in [-0.25, -0.2) is 0 Å². The molecule has 1 aliphatic rings. The first kappa shape index (κ1) is 34.4. The van der Waals surface area contributed by atoms with Gasteiger partial charge in [-0.3, -0.25) is 19.6 Å². The van der Waals surface area contributed by atoms with Crippen molar-refractivity contribution in [2.75, 3.05) is 39.5 Å². The number of carbonyl (C=O) groups is 1. The summed E-state index contributed by atoms with van der Waals surface area (Å²) in [6.07, 6.45) is -7.29. The number of aromatic nitrogens is 1. The Kier molecular flexibility index (Phi) is 11.3. The lowest BCUT2D eigenvalue weighted by molar-refractivity contribution is -0.297. The van der Waals surface area contributed by atoms with Crippen LogP contribution in [0.2, 0.25) is 0 Å². The second-order valence-corrected chi connectivity index (χ2v) is 11.2. The van der Waals surface area contributed by atoms with Gasteiger partial charge in [0.2, 0.25) is 0 Å². The van der Waals surface area contributed by atoms with E-state index in [0.717, 1.165) is 36.3 Å². The summed E-state index contributed by atoms with van der Waals surface area (Å²) in [6.45, 7) is 6.54. The largest absolute Gasteiger partial charge is 0.463 e. The Hall–Kier alpha value is -3.48. The number of halogens is 6. The molecule has 2 heterocycles. The summed E-state index contributed by atoms with van der Waals surface area (Å²) in [5.41, 5.74) is -1.58. The number of piperazine rings is 1. The van der Waals surface area contributed by atoms with Crippen molar-refractivity contribution in [3.63, 3.8) is 0 Å². The third-order valence-electron chi connectivity index (χ3n) is 8.21. The second-order valence-electron chi connectivity index (χ2n) is 11.2. The van der Waals surface area contributed by atoms with Crippen LogP contribution in [0.25, 0.3) is 11.1 Å². The van der Waals surface area contributed by atoms with E-state index < -0.39 is 23.3 Å². The molecule has 0 bridgehead atoms. The predicted molar refractivity (Wildman–Crippen MR) is 157 cm³/mol. The molecule has 0 N–H and O–H groups in total. The molecule has 244 valence electrons. The molecular weight excluding hydrogens is 600 g/mol. The minimum Gasteiger partial charge on any atom is -0.463 e. The number of alkyl halides is 6. The van der Waals surface area contributed by atoms with Crippen LogP contribution in [0.3, 0.4) is 0 Å². The Bertz CT molecular complexity index is 1350. The summed E-state index contributed by atoms with van der Waals surface area (Å²) in [4.78, 5) is 21.2. The van der Waals surface area contributed by atoms with Crippen molar-refractivity contribution in [3.05, 3.63) is 89.7 Å². The molecule has 1 aromatic heterocycles. The number of carbonyl (C=O) groups excluding carboxylic acids is 1. The van der Waals surface area contributed by atoms with Crippen molar-refractivity contribution in [2.45, 2.75) is 57.2 Å². The van der Waals surface area contributed by atoms with Gasteiger partial charge in [-0.05, 0) is 53.8 Å². The van der Waals surface area contributed by atoms with E-state index in [2.05, 4.69) is 14.8 Å².